The normalized spacial score (nSPS) is 10.3. The van der Waals surface area contributed by atoms with E-state index in [0.717, 1.165) is 10.0 Å². The molecule has 0 bridgehead atoms. The highest BCUT2D eigenvalue weighted by Crippen LogP contribution is 2.30. The van der Waals surface area contributed by atoms with E-state index >= 15 is 0 Å². The standard InChI is InChI=1S/C16H15BrO3/c1-11(19)14-10-13(17)6-7-16(14)20-15-5-3-2-4-12(15)8-9-18/h2-7,10,18H,8-9H2,1H3. The molecule has 3 nitrogen and oxygen atoms in total. The fourth-order valence-corrected chi connectivity index (χ4v) is 2.28. The highest BCUT2D eigenvalue weighted by atomic mass is 79.9. The van der Waals surface area contributed by atoms with Gasteiger partial charge in [-0.15, -0.1) is 0 Å². The molecule has 0 saturated heterocycles. The van der Waals surface area contributed by atoms with E-state index in [4.69, 9.17) is 9.84 Å². The zero-order chi connectivity index (χ0) is 14.5. The SMILES string of the molecule is CC(=O)c1cc(Br)ccc1Oc1ccccc1CCO. The molecule has 0 radical (unpaired) electrons. The second-order valence-electron chi connectivity index (χ2n) is 4.38. The van der Waals surface area contributed by atoms with E-state index in [1.54, 1.807) is 12.1 Å². The number of carbonyl (C=O) groups is 1. The first-order chi connectivity index (χ1) is 9.61. The van der Waals surface area contributed by atoms with Crippen LogP contribution in [0.5, 0.6) is 11.5 Å². The van der Waals surface area contributed by atoms with Crippen LogP contribution in [0, 0.1) is 0 Å². The van der Waals surface area contributed by atoms with Gasteiger partial charge in [-0.1, -0.05) is 34.1 Å². The smallest absolute Gasteiger partial charge is 0.163 e. The lowest BCUT2D eigenvalue weighted by Gasteiger charge is -2.13. The van der Waals surface area contributed by atoms with Gasteiger partial charge in [0.05, 0.1) is 5.56 Å². The number of para-hydroxylation sites is 1. The first-order valence-electron chi connectivity index (χ1n) is 6.29. The highest BCUT2D eigenvalue weighted by molar-refractivity contribution is 9.10. The summed E-state index contributed by atoms with van der Waals surface area (Å²) >= 11 is 3.35. The van der Waals surface area contributed by atoms with Gasteiger partial charge in [0.15, 0.2) is 5.78 Å². The lowest BCUT2D eigenvalue weighted by molar-refractivity contribution is 0.101. The molecular weight excluding hydrogens is 320 g/mol. The number of Topliss-reactive ketones (excluding diaryl/α,β-unsaturated/α-hetero) is 1. The van der Waals surface area contributed by atoms with Gasteiger partial charge in [0.25, 0.3) is 0 Å². The van der Waals surface area contributed by atoms with Crippen LogP contribution < -0.4 is 4.74 Å². The van der Waals surface area contributed by atoms with Crippen molar-refractivity contribution in [1.29, 1.82) is 0 Å². The Bertz CT molecular complexity index is 623. The topological polar surface area (TPSA) is 46.5 Å². The van der Waals surface area contributed by atoms with Crippen LogP contribution in [0.2, 0.25) is 0 Å². The third-order valence-electron chi connectivity index (χ3n) is 2.89. The van der Waals surface area contributed by atoms with Crippen molar-refractivity contribution < 1.29 is 14.6 Å². The fraction of sp³-hybridized carbons (Fsp3) is 0.188. The fourth-order valence-electron chi connectivity index (χ4n) is 1.92. The highest BCUT2D eigenvalue weighted by Gasteiger charge is 2.11. The molecule has 2 rings (SSSR count). The van der Waals surface area contributed by atoms with Gasteiger partial charge in [-0.3, -0.25) is 4.79 Å². The summed E-state index contributed by atoms with van der Waals surface area (Å²) in [5, 5.41) is 9.07. The summed E-state index contributed by atoms with van der Waals surface area (Å²) in [6.45, 7) is 1.56. The Morgan fingerprint density at radius 1 is 1.20 bits per heavy atom. The second kappa shape index (κ2) is 6.68. The minimum Gasteiger partial charge on any atom is -0.456 e. The molecule has 2 aromatic carbocycles. The van der Waals surface area contributed by atoms with Crippen molar-refractivity contribution in [3.8, 4) is 11.5 Å². The maximum Gasteiger partial charge on any atom is 0.163 e. The number of ketones is 1. The first-order valence-corrected chi connectivity index (χ1v) is 7.08. The van der Waals surface area contributed by atoms with Crippen LogP contribution in [-0.4, -0.2) is 17.5 Å². The monoisotopic (exact) mass is 334 g/mol. The van der Waals surface area contributed by atoms with Gasteiger partial charge in [0.2, 0.25) is 0 Å². The molecule has 0 heterocycles. The van der Waals surface area contributed by atoms with Crippen molar-refractivity contribution >= 4 is 21.7 Å². The number of rotatable bonds is 5. The lowest BCUT2D eigenvalue weighted by atomic mass is 10.1. The molecule has 0 fully saturated rings. The predicted octanol–water partition coefficient (Wildman–Crippen LogP) is 3.98. The zero-order valence-corrected chi connectivity index (χ0v) is 12.7. The van der Waals surface area contributed by atoms with Crippen LogP contribution in [0.4, 0.5) is 0 Å². The Morgan fingerprint density at radius 2 is 1.95 bits per heavy atom. The van der Waals surface area contributed by atoms with E-state index in [1.807, 2.05) is 30.3 Å². The molecule has 0 saturated carbocycles. The number of hydrogen-bond donors (Lipinski definition) is 1. The van der Waals surface area contributed by atoms with Gasteiger partial charge < -0.3 is 9.84 Å². The Labute approximate surface area is 126 Å². The molecule has 1 N–H and O–H groups in total. The average molecular weight is 335 g/mol. The quantitative estimate of drug-likeness (QED) is 0.841. The first kappa shape index (κ1) is 14.8. The second-order valence-corrected chi connectivity index (χ2v) is 5.30. The molecule has 2 aromatic rings. The molecule has 0 aliphatic carbocycles. The summed E-state index contributed by atoms with van der Waals surface area (Å²) in [4.78, 5) is 11.7. The largest absolute Gasteiger partial charge is 0.456 e. The van der Waals surface area contributed by atoms with E-state index < -0.39 is 0 Å². The third-order valence-corrected chi connectivity index (χ3v) is 3.39. The van der Waals surface area contributed by atoms with Gasteiger partial charge in [-0.05, 0) is 43.2 Å². The summed E-state index contributed by atoms with van der Waals surface area (Å²) in [7, 11) is 0. The van der Waals surface area contributed by atoms with E-state index in [9.17, 15) is 4.79 Å². The van der Waals surface area contributed by atoms with Crippen molar-refractivity contribution in [2.24, 2.45) is 0 Å². The molecule has 0 amide bonds. The van der Waals surface area contributed by atoms with Crippen molar-refractivity contribution in [2.45, 2.75) is 13.3 Å². The van der Waals surface area contributed by atoms with E-state index in [0.29, 0.717) is 23.5 Å². The number of halogens is 1. The van der Waals surface area contributed by atoms with Gasteiger partial charge >= 0.3 is 0 Å². The Hall–Kier alpha value is -1.65. The van der Waals surface area contributed by atoms with Crippen molar-refractivity contribution in [3.05, 3.63) is 58.1 Å². The average Bonchev–Trinajstić information content (AvgIpc) is 2.43. The molecule has 0 atom stereocenters. The maximum absolute atomic E-state index is 11.7. The molecular formula is C16H15BrO3. The molecule has 104 valence electrons. The van der Waals surface area contributed by atoms with Crippen LogP contribution in [0.15, 0.2) is 46.9 Å². The Morgan fingerprint density at radius 3 is 2.65 bits per heavy atom. The molecule has 0 aliphatic heterocycles. The molecule has 0 spiro atoms. The summed E-state index contributed by atoms with van der Waals surface area (Å²) in [5.74, 6) is 1.12. The Kier molecular flexibility index (Phi) is 4.93. The predicted molar refractivity (Wildman–Crippen MR) is 81.5 cm³/mol. The number of hydrogen-bond acceptors (Lipinski definition) is 3. The Balaban J connectivity index is 2.37. The van der Waals surface area contributed by atoms with Crippen LogP contribution in [-0.2, 0) is 6.42 Å². The molecule has 0 aromatic heterocycles. The van der Waals surface area contributed by atoms with E-state index in [2.05, 4.69) is 15.9 Å². The summed E-state index contributed by atoms with van der Waals surface area (Å²) < 4.78 is 6.69. The van der Waals surface area contributed by atoms with Gasteiger partial charge in [-0.25, -0.2) is 0 Å². The lowest BCUT2D eigenvalue weighted by Crippen LogP contribution is -2.00. The number of aliphatic hydroxyl groups is 1. The number of aliphatic hydroxyl groups excluding tert-OH is 1. The minimum absolute atomic E-state index is 0.0547. The number of ether oxygens (including phenoxy) is 1. The molecule has 20 heavy (non-hydrogen) atoms. The van der Waals surface area contributed by atoms with Crippen LogP contribution in [0.1, 0.15) is 22.8 Å². The number of carbonyl (C=O) groups excluding carboxylic acids is 1. The van der Waals surface area contributed by atoms with Crippen molar-refractivity contribution in [2.75, 3.05) is 6.61 Å². The van der Waals surface area contributed by atoms with Gasteiger partial charge in [-0.2, -0.15) is 0 Å². The zero-order valence-electron chi connectivity index (χ0n) is 11.1. The maximum atomic E-state index is 11.7. The van der Waals surface area contributed by atoms with Crippen LogP contribution in [0.3, 0.4) is 0 Å². The summed E-state index contributed by atoms with van der Waals surface area (Å²) in [6, 6.07) is 12.8. The molecule has 0 unspecified atom stereocenters. The van der Waals surface area contributed by atoms with Crippen LogP contribution in [0.25, 0.3) is 0 Å². The summed E-state index contributed by atoms with van der Waals surface area (Å²) in [6.07, 6.45) is 0.516. The third kappa shape index (κ3) is 3.46. The van der Waals surface area contributed by atoms with E-state index in [1.165, 1.54) is 6.92 Å². The number of benzene rings is 2. The van der Waals surface area contributed by atoms with E-state index in [-0.39, 0.29) is 12.4 Å². The molecule has 0 aliphatic rings. The van der Waals surface area contributed by atoms with Gasteiger partial charge in [0.1, 0.15) is 11.5 Å². The van der Waals surface area contributed by atoms with Gasteiger partial charge in [0, 0.05) is 11.1 Å². The summed E-state index contributed by atoms with van der Waals surface area (Å²) in [5.41, 5.74) is 1.44. The minimum atomic E-state index is -0.0547. The van der Waals surface area contributed by atoms with Crippen molar-refractivity contribution in [3.63, 3.8) is 0 Å². The van der Waals surface area contributed by atoms with Crippen molar-refractivity contribution in [1.82, 2.24) is 0 Å². The van der Waals surface area contributed by atoms with Crippen LogP contribution >= 0.6 is 15.9 Å². The molecule has 4 heteroatoms.